The maximum Gasteiger partial charge on any atom is 0.317 e. The third-order valence-electron chi connectivity index (χ3n) is 4.75. The molecule has 1 aromatic heterocycles. The second kappa shape index (κ2) is 6.54. The number of amides is 3. The quantitative estimate of drug-likeness (QED) is 0.900. The molecule has 25 heavy (non-hydrogen) atoms. The highest BCUT2D eigenvalue weighted by Gasteiger charge is 2.33. The monoisotopic (exact) mass is 340 g/mol. The highest BCUT2D eigenvalue weighted by molar-refractivity contribution is 5.92. The average molecular weight is 340 g/mol. The van der Waals surface area contributed by atoms with Gasteiger partial charge in [0.2, 0.25) is 0 Å². The maximum atomic E-state index is 12.8. The van der Waals surface area contributed by atoms with Gasteiger partial charge in [-0.25, -0.2) is 9.48 Å². The lowest BCUT2D eigenvalue weighted by atomic mass is 10.0. The van der Waals surface area contributed by atoms with E-state index in [-0.39, 0.29) is 18.0 Å². The molecule has 2 aromatic rings. The fourth-order valence-electron chi connectivity index (χ4n) is 3.46. The van der Waals surface area contributed by atoms with Crippen LogP contribution in [0.4, 0.5) is 4.79 Å². The number of nitrogens with one attached hydrogen (secondary N) is 1. The summed E-state index contributed by atoms with van der Waals surface area (Å²) in [6.07, 6.45) is 3.46. The Balaban J connectivity index is 1.47. The molecule has 1 unspecified atom stereocenters. The lowest BCUT2D eigenvalue weighted by molar-refractivity contribution is 0.0628. The molecule has 0 saturated carbocycles. The molecule has 8 nitrogen and oxygen atoms in total. The standard InChI is InChI=1S/C17H20N6O2/c24-16(15-12-23(20-19-15)13-5-2-1-3-6-13)21-9-4-7-14(11-21)22-10-8-18-17(22)25/h1-3,5-6,12,14H,4,7-11H2,(H,18,25). The van der Waals surface area contributed by atoms with Gasteiger partial charge in [-0.05, 0) is 25.0 Å². The molecule has 1 atom stereocenters. The molecular formula is C17H20N6O2. The van der Waals surface area contributed by atoms with Crippen LogP contribution in [-0.4, -0.2) is 69.0 Å². The second-order valence-electron chi connectivity index (χ2n) is 6.36. The van der Waals surface area contributed by atoms with Gasteiger partial charge in [0.1, 0.15) is 0 Å². The second-order valence-corrected chi connectivity index (χ2v) is 6.36. The number of benzene rings is 1. The fraction of sp³-hybridized carbons (Fsp3) is 0.412. The first-order valence-electron chi connectivity index (χ1n) is 8.54. The van der Waals surface area contributed by atoms with Crippen LogP contribution in [0, 0.1) is 0 Å². The highest BCUT2D eigenvalue weighted by Crippen LogP contribution is 2.19. The number of para-hydroxylation sites is 1. The van der Waals surface area contributed by atoms with E-state index >= 15 is 0 Å². The van der Waals surface area contributed by atoms with Crippen LogP contribution < -0.4 is 5.32 Å². The Morgan fingerprint density at radius 2 is 2.04 bits per heavy atom. The number of nitrogens with zero attached hydrogens (tertiary/aromatic N) is 5. The summed E-state index contributed by atoms with van der Waals surface area (Å²) in [6, 6.07) is 9.61. The third kappa shape index (κ3) is 3.07. The van der Waals surface area contributed by atoms with E-state index < -0.39 is 0 Å². The van der Waals surface area contributed by atoms with E-state index in [0.717, 1.165) is 18.5 Å². The van der Waals surface area contributed by atoms with Gasteiger partial charge in [-0.1, -0.05) is 23.4 Å². The molecule has 3 amide bonds. The van der Waals surface area contributed by atoms with Crippen molar-refractivity contribution in [3.63, 3.8) is 0 Å². The predicted octanol–water partition coefficient (Wildman–Crippen LogP) is 0.897. The van der Waals surface area contributed by atoms with Crippen molar-refractivity contribution in [1.82, 2.24) is 30.1 Å². The molecule has 2 aliphatic heterocycles. The van der Waals surface area contributed by atoms with Gasteiger partial charge in [-0.3, -0.25) is 4.79 Å². The van der Waals surface area contributed by atoms with E-state index in [9.17, 15) is 9.59 Å². The topological polar surface area (TPSA) is 83.4 Å². The van der Waals surface area contributed by atoms with Crippen molar-refractivity contribution in [1.29, 1.82) is 0 Å². The SMILES string of the molecule is O=C(c1cn(-c2ccccc2)nn1)N1CCCC(N2CCNC2=O)C1. The molecule has 0 aliphatic carbocycles. The van der Waals surface area contributed by atoms with E-state index in [4.69, 9.17) is 0 Å². The number of urea groups is 1. The predicted molar refractivity (Wildman–Crippen MR) is 90.4 cm³/mol. The number of hydrogen-bond acceptors (Lipinski definition) is 4. The van der Waals surface area contributed by atoms with Crippen molar-refractivity contribution in [2.24, 2.45) is 0 Å². The van der Waals surface area contributed by atoms with Crippen LogP contribution in [0.25, 0.3) is 5.69 Å². The summed E-state index contributed by atoms with van der Waals surface area (Å²) >= 11 is 0. The highest BCUT2D eigenvalue weighted by atomic mass is 16.2. The summed E-state index contributed by atoms with van der Waals surface area (Å²) in [6.45, 7) is 2.61. The lowest BCUT2D eigenvalue weighted by Gasteiger charge is -2.36. The molecule has 4 rings (SSSR count). The molecule has 0 bridgehead atoms. The largest absolute Gasteiger partial charge is 0.336 e. The van der Waals surface area contributed by atoms with Crippen LogP contribution in [0.15, 0.2) is 36.5 Å². The molecule has 1 aromatic carbocycles. The minimum atomic E-state index is -0.133. The molecule has 3 heterocycles. The fourth-order valence-corrected chi connectivity index (χ4v) is 3.46. The number of aromatic nitrogens is 3. The van der Waals surface area contributed by atoms with E-state index in [1.54, 1.807) is 15.8 Å². The first-order chi connectivity index (χ1) is 12.2. The number of piperidine rings is 1. The number of rotatable bonds is 3. The normalized spacial score (nSPS) is 20.6. The first-order valence-corrected chi connectivity index (χ1v) is 8.54. The van der Waals surface area contributed by atoms with Gasteiger partial charge < -0.3 is 15.1 Å². The molecule has 2 fully saturated rings. The number of likely N-dealkylation sites (tertiary alicyclic amines) is 1. The van der Waals surface area contributed by atoms with Crippen molar-refractivity contribution >= 4 is 11.9 Å². The Morgan fingerprint density at radius 3 is 2.80 bits per heavy atom. The number of carbonyl (C=O) groups is 2. The van der Waals surface area contributed by atoms with Crippen LogP contribution >= 0.6 is 0 Å². The van der Waals surface area contributed by atoms with Crippen molar-refractivity contribution in [2.75, 3.05) is 26.2 Å². The molecule has 2 aliphatic rings. The zero-order valence-electron chi connectivity index (χ0n) is 13.8. The summed E-state index contributed by atoms with van der Waals surface area (Å²) < 4.78 is 1.60. The Labute approximate surface area is 145 Å². The molecule has 8 heteroatoms. The van der Waals surface area contributed by atoms with Crippen molar-refractivity contribution in [3.05, 3.63) is 42.2 Å². The van der Waals surface area contributed by atoms with Crippen LogP contribution in [0.3, 0.4) is 0 Å². The summed E-state index contributed by atoms with van der Waals surface area (Å²) in [4.78, 5) is 28.3. The van der Waals surface area contributed by atoms with Gasteiger partial charge in [0.05, 0.1) is 17.9 Å². The molecule has 130 valence electrons. The van der Waals surface area contributed by atoms with Crippen LogP contribution in [0.2, 0.25) is 0 Å². The summed E-state index contributed by atoms with van der Waals surface area (Å²) in [5.74, 6) is -0.133. The van der Waals surface area contributed by atoms with E-state index in [1.165, 1.54) is 0 Å². The van der Waals surface area contributed by atoms with E-state index in [1.807, 2.05) is 35.2 Å². The molecule has 1 N–H and O–H groups in total. The minimum Gasteiger partial charge on any atom is -0.336 e. The van der Waals surface area contributed by atoms with Crippen molar-refractivity contribution in [3.8, 4) is 5.69 Å². The van der Waals surface area contributed by atoms with E-state index in [2.05, 4.69) is 15.6 Å². The van der Waals surface area contributed by atoms with Gasteiger partial charge in [0, 0.05) is 26.2 Å². The average Bonchev–Trinajstić information content (AvgIpc) is 3.31. The van der Waals surface area contributed by atoms with Gasteiger partial charge >= 0.3 is 6.03 Å². The van der Waals surface area contributed by atoms with Gasteiger partial charge in [0.25, 0.3) is 5.91 Å². The molecular weight excluding hydrogens is 320 g/mol. The zero-order valence-corrected chi connectivity index (χ0v) is 13.8. The van der Waals surface area contributed by atoms with Gasteiger partial charge in [-0.15, -0.1) is 5.10 Å². The van der Waals surface area contributed by atoms with Crippen molar-refractivity contribution in [2.45, 2.75) is 18.9 Å². The van der Waals surface area contributed by atoms with Gasteiger partial charge in [-0.2, -0.15) is 0 Å². The lowest BCUT2D eigenvalue weighted by Crippen LogP contribution is -2.50. The maximum absolute atomic E-state index is 12.8. The van der Waals surface area contributed by atoms with Crippen LogP contribution in [0.1, 0.15) is 23.3 Å². The Bertz CT molecular complexity index is 774. The summed E-state index contributed by atoms with van der Waals surface area (Å²) in [7, 11) is 0. The summed E-state index contributed by atoms with van der Waals surface area (Å²) in [5.41, 5.74) is 1.19. The smallest absolute Gasteiger partial charge is 0.317 e. The Hall–Kier alpha value is -2.90. The van der Waals surface area contributed by atoms with E-state index in [0.29, 0.717) is 31.9 Å². The minimum absolute atomic E-state index is 0.0330. The Kier molecular flexibility index (Phi) is 4.09. The molecule has 2 saturated heterocycles. The van der Waals surface area contributed by atoms with Crippen LogP contribution in [0.5, 0.6) is 0 Å². The molecule has 0 spiro atoms. The third-order valence-corrected chi connectivity index (χ3v) is 4.75. The van der Waals surface area contributed by atoms with Crippen molar-refractivity contribution < 1.29 is 9.59 Å². The zero-order chi connectivity index (χ0) is 17.2. The van der Waals surface area contributed by atoms with Gasteiger partial charge in [0.15, 0.2) is 5.69 Å². The first kappa shape index (κ1) is 15.6. The number of hydrogen-bond donors (Lipinski definition) is 1. The Morgan fingerprint density at radius 1 is 1.20 bits per heavy atom. The summed E-state index contributed by atoms with van der Waals surface area (Å²) in [5, 5.41) is 10.9. The number of carbonyl (C=O) groups excluding carboxylic acids is 2. The van der Waals surface area contributed by atoms with Crippen LogP contribution in [-0.2, 0) is 0 Å². The molecule has 0 radical (unpaired) electrons.